The lowest BCUT2D eigenvalue weighted by Gasteiger charge is -2.30. The number of amides is 5. The van der Waals surface area contributed by atoms with Crippen LogP contribution in [-0.2, 0) is 51.7 Å². The molecule has 6 rings (SSSR count). The number of ether oxygens (including phenoxy) is 3. The first-order valence-electron chi connectivity index (χ1n) is 17.5. The normalized spacial score (nSPS) is 28.6. The Morgan fingerprint density at radius 1 is 1.06 bits per heavy atom. The molecule has 17 heteroatoms. The highest BCUT2D eigenvalue weighted by Crippen LogP contribution is 2.48. The van der Waals surface area contributed by atoms with Crippen LogP contribution in [0.25, 0.3) is 0 Å². The van der Waals surface area contributed by atoms with Gasteiger partial charge in [-0.3, -0.25) is 24.0 Å². The molecule has 0 spiro atoms. The van der Waals surface area contributed by atoms with E-state index in [0.717, 1.165) is 0 Å². The Morgan fingerprint density at radius 2 is 1.82 bits per heavy atom. The number of benzene rings is 1. The maximum Gasteiger partial charge on any atom is 0.410 e. The minimum atomic E-state index is -3.91. The third kappa shape index (κ3) is 8.40. The number of alkyl carbamates (subject to hydrolysis) is 1. The predicted molar refractivity (Wildman–Crippen MR) is 178 cm³/mol. The van der Waals surface area contributed by atoms with E-state index >= 15 is 0 Å². The molecule has 5 amide bonds. The van der Waals surface area contributed by atoms with E-state index in [9.17, 15) is 36.8 Å². The standard InChI is InChI=1S/C34H46FN5O10S/c1-33(2,3)50-31(44)36-26-12-14-48-13-5-4-8-21-16-34(21,30(43)38-51(46,47)23-10-11-23)37-28(41)27-15-22(18-40(27)29(26)42)49-32(45)39-17-20-7-6-9-25(35)24(20)19-39/h6-7,9,21-23,26-27H,4-5,8,10-19H2,1-3H3,(H,36,44)(H,37,41)(H,38,43)/t21-,22-,26+,27+,34-/m1/s1. The summed E-state index contributed by atoms with van der Waals surface area (Å²) < 4.78 is 59.0. The molecule has 3 aliphatic heterocycles. The summed E-state index contributed by atoms with van der Waals surface area (Å²) in [5.41, 5.74) is -1.35. The van der Waals surface area contributed by atoms with Gasteiger partial charge in [0.15, 0.2) is 0 Å². The van der Waals surface area contributed by atoms with Crippen molar-refractivity contribution in [3.8, 4) is 0 Å². The molecule has 5 atom stereocenters. The minimum Gasteiger partial charge on any atom is -0.444 e. The van der Waals surface area contributed by atoms with Gasteiger partial charge in [0.05, 0.1) is 18.3 Å². The molecule has 5 aliphatic rings. The van der Waals surface area contributed by atoms with Gasteiger partial charge < -0.3 is 29.7 Å². The van der Waals surface area contributed by atoms with Crippen LogP contribution in [0.15, 0.2) is 18.2 Å². The molecule has 1 aromatic carbocycles. The first-order valence-corrected chi connectivity index (χ1v) is 19.1. The van der Waals surface area contributed by atoms with Crippen molar-refractivity contribution < 1.29 is 51.0 Å². The molecule has 0 aromatic heterocycles. The summed E-state index contributed by atoms with van der Waals surface area (Å²) in [6.07, 6.45) is 0.216. The van der Waals surface area contributed by atoms with Crippen molar-refractivity contribution in [2.45, 2.75) is 120 Å². The topological polar surface area (TPSA) is 190 Å². The van der Waals surface area contributed by atoms with Crippen LogP contribution in [0.3, 0.4) is 0 Å². The highest BCUT2D eigenvalue weighted by molar-refractivity contribution is 7.91. The van der Waals surface area contributed by atoms with Crippen LogP contribution < -0.4 is 15.4 Å². The average molecular weight is 736 g/mol. The molecule has 3 N–H and O–H groups in total. The quantitative estimate of drug-likeness (QED) is 0.405. The molecule has 3 heterocycles. The van der Waals surface area contributed by atoms with Gasteiger partial charge in [-0.1, -0.05) is 18.6 Å². The zero-order chi connectivity index (χ0) is 36.7. The van der Waals surface area contributed by atoms with E-state index in [4.69, 9.17) is 14.2 Å². The Labute approximate surface area is 296 Å². The van der Waals surface area contributed by atoms with Crippen LogP contribution in [0, 0.1) is 11.7 Å². The summed E-state index contributed by atoms with van der Waals surface area (Å²) >= 11 is 0. The average Bonchev–Trinajstić information content (AvgIpc) is 3.93. The van der Waals surface area contributed by atoms with E-state index in [1.54, 1.807) is 32.9 Å². The number of rotatable bonds is 5. The van der Waals surface area contributed by atoms with Crippen molar-refractivity contribution in [1.82, 2.24) is 25.2 Å². The lowest BCUT2D eigenvalue weighted by atomic mass is 10.1. The van der Waals surface area contributed by atoms with Gasteiger partial charge >= 0.3 is 12.2 Å². The van der Waals surface area contributed by atoms with E-state index in [2.05, 4.69) is 15.4 Å². The van der Waals surface area contributed by atoms with Gasteiger partial charge in [-0.25, -0.2) is 22.4 Å². The molecule has 0 bridgehead atoms. The molecule has 51 heavy (non-hydrogen) atoms. The van der Waals surface area contributed by atoms with Gasteiger partial charge in [0.25, 0.3) is 5.91 Å². The molecule has 0 radical (unpaired) electrons. The van der Waals surface area contributed by atoms with Crippen molar-refractivity contribution in [2.75, 3.05) is 19.8 Å². The zero-order valence-corrected chi connectivity index (χ0v) is 29.9. The number of nitrogens with one attached hydrogen (secondary N) is 3. The summed E-state index contributed by atoms with van der Waals surface area (Å²) in [6.45, 7) is 5.37. The fourth-order valence-corrected chi connectivity index (χ4v) is 8.42. The molecule has 0 unspecified atom stereocenters. The third-order valence-corrected chi connectivity index (χ3v) is 11.8. The fraction of sp³-hybridized carbons (Fsp3) is 0.676. The van der Waals surface area contributed by atoms with Gasteiger partial charge in [0, 0.05) is 38.2 Å². The van der Waals surface area contributed by atoms with Crippen molar-refractivity contribution in [1.29, 1.82) is 0 Å². The van der Waals surface area contributed by atoms with Crippen LogP contribution in [0.5, 0.6) is 0 Å². The minimum absolute atomic E-state index is 0.00914. The van der Waals surface area contributed by atoms with Gasteiger partial charge in [-0.2, -0.15) is 0 Å². The first kappa shape index (κ1) is 36.8. The number of carbonyl (C=O) groups is 5. The van der Waals surface area contributed by atoms with E-state index in [-0.39, 0.29) is 51.4 Å². The lowest BCUT2D eigenvalue weighted by Crippen LogP contribution is -2.58. The number of hydrogen-bond donors (Lipinski definition) is 3. The highest BCUT2D eigenvalue weighted by atomic mass is 32.2. The fourth-order valence-electron chi connectivity index (χ4n) is 7.06. The molecule has 4 fully saturated rings. The Bertz CT molecular complexity index is 1680. The second kappa shape index (κ2) is 14.2. The lowest BCUT2D eigenvalue weighted by molar-refractivity contribution is -0.141. The third-order valence-electron chi connectivity index (χ3n) is 9.99. The van der Waals surface area contributed by atoms with Crippen molar-refractivity contribution in [3.05, 3.63) is 35.1 Å². The Morgan fingerprint density at radius 3 is 2.53 bits per heavy atom. The zero-order valence-electron chi connectivity index (χ0n) is 29.1. The van der Waals surface area contributed by atoms with E-state index < -0.39 is 80.3 Å². The van der Waals surface area contributed by atoms with Crippen LogP contribution in [-0.4, -0.2) is 102 Å². The summed E-state index contributed by atoms with van der Waals surface area (Å²) in [5, 5.41) is 4.74. The molecular weight excluding hydrogens is 689 g/mol. The largest absolute Gasteiger partial charge is 0.444 e. The van der Waals surface area contributed by atoms with E-state index in [1.165, 1.54) is 15.9 Å². The first-order chi connectivity index (χ1) is 24.1. The van der Waals surface area contributed by atoms with Crippen LogP contribution >= 0.6 is 0 Å². The highest BCUT2D eigenvalue weighted by Gasteiger charge is 2.62. The second-order valence-electron chi connectivity index (χ2n) is 15.1. The number of halogens is 1. The summed E-state index contributed by atoms with van der Waals surface area (Å²) in [4.78, 5) is 70.7. The number of carbonyl (C=O) groups excluding carboxylic acids is 5. The Balaban J connectivity index is 1.24. The predicted octanol–water partition coefficient (Wildman–Crippen LogP) is 2.21. The monoisotopic (exact) mass is 735 g/mol. The second-order valence-corrected chi connectivity index (χ2v) is 17.1. The molecular formula is C34H46FN5O10S. The molecule has 1 aromatic rings. The van der Waals surface area contributed by atoms with Crippen molar-refractivity contribution >= 4 is 39.9 Å². The van der Waals surface area contributed by atoms with E-state index in [1.807, 2.05) is 0 Å². The van der Waals surface area contributed by atoms with Crippen LogP contribution in [0.4, 0.5) is 14.0 Å². The number of hydrogen-bond acceptors (Lipinski definition) is 10. The van der Waals surface area contributed by atoms with Crippen LogP contribution in [0.1, 0.15) is 83.3 Å². The van der Waals surface area contributed by atoms with Gasteiger partial charge in [0.1, 0.15) is 35.1 Å². The van der Waals surface area contributed by atoms with Crippen LogP contribution in [0.2, 0.25) is 0 Å². The molecule has 15 nitrogen and oxygen atoms in total. The van der Waals surface area contributed by atoms with Gasteiger partial charge in [-0.05, 0) is 70.4 Å². The van der Waals surface area contributed by atoms with Gasteiger partial charge in [-0.15, -0.1) is 0 Å². The maximum absolute atomic E-state index is 14.4. The van der Waals surface area contributed by atoms with Crippen molar-refractivity contribution in [2.24, 2.45) is 5.92 Å². The number of sulfonamides is 1. The number of nitrogens with zero attached hydrogens (tertiary/aromatic N) is 2. The Kier molecular flexibility index (Phi) is 10.2. The van der Waals surface area contributed by atoms with Gasteiger partial charge in [0.2, 0.25) is 21.8 Å². The molecule has 2 saturated carbocycles. The Hall–Kier alpha value is -3.99. The summed E-state index contributed by atoms with van der Waals surface area (Å²) in [6, 6.07) is 2.16. The number of fused-ring (bicyclic) bond motifs is 3. The summed E-state index contributed by atoms with van der Waals surface area (Å²) in [7, 11) is -3.91. The maximum atomic E-state index is 14.4. The smallest absolute Gasteiger partial charge is 0.410 e. The SMILES string of the molecule is CC(C)(C)OC(=O)N[C@H]1CCOCCCC[C@@H]2C[C@@]2(C(=O)NS(=O)(=O)C2CC2)NC(=O)[C@@H]2C[C@@H](OC(=O)N3Cc4cccc(F)c4C3)CN2C1=O. The summed E-state index contributed by atoms with van der Waals surface area (Å²) in [5.74, 6) is -2.99. The van der Waals surface area contributed by atoms with E-state index in [0.29, 0.717) is 49.8 Å². The molecule has 2 saturated heterocycles. The molecule has 280 valence electrons. The van der Waals surface area contributed by atoms with Crippen molar-refractivity contribution in [3.63, 3.8) is 0 Å². The molecule has 2 aliphatic carbocycles.